The maximum Gasteiger partial charge on any atom is 0.206 e. The van der Waals surface area contributed by atoms with E-state index >= 15 is 0 Å². The lowest BCUT2D eigenvalue weighted by Crippen LogP contribution is -2.10. The molecule has 8 aromatic rings. The molecule has 0 fully saturated rings. The van der Waals surface area contributed by atoms with Gasteiger partial charge in [0.1, 0.15) is 22.6 Å². The minimum atomic E-state index is -3.88. The number of H-pyrrole nitrogens is 2. The largest absolute Gasteiger partial charge is 0.324 e. The maximum absolute atomic E-state index is 14.1. The third kappa shape index (κ3) is 6.57. The highest BCUT2D eigenvalue weighted by Gasteiger charge is 2.27. The molecule has 2 N–H and O–H groups in total. The highest BCUT2D eigenvalue weighted by Crippen LogP contribution is 2.41. The second kappa shape index (κ2) is 13.5. The molecule has 10 rings (SSSR count). The van der Waals surface area contributed by atoms with Gasteiger partial charge in [-0.25, -0.2) is 38.3 Å². The van der Waals surface area contributed by atoms with Gasteiger partial charge < -0.3 is 9.97 Å². The van der Waals surface area contributed by atoms with E-state index in [1.54, 1.807) is 42.5 Å². The van der Waals surface area contributed by atoms with E-state index in [1.165, 1.54) is 5.56 Å². The zero-order valence-corrected chi connectivity index (χ0v) is 37.5. The van der Waals surface area contributed by atoms with Crippen LogP contribution < -0.4 is 0 Å². The number of benzene rings is 5. The minimum Gasteiger partial charge on any atom is -0.324 e. The summed E-state index contributed by atoms with van der Waals surface area (Å²) in [7, 11) is -3.88. The van der Waals surface area contributed by atoms with Crippen LogP contribution in [0.1, 0.15) is 84.6 Å². The molecule has 0 radical (unpaired) electrons. The molecule has 0 saturated carbocycles. The topological polar surface area (TPSA) is 143 Å². The maximum atomic E-state index is 14.1. The SMILES string of the molecule is Cc1ccc(S(=O)(=O)c2ccc3c4nc5nc(nc6[nH]c(nc7nc(nc([nH]4)c3c2)-c2ccc(C(C)(C)C)cc2-7)c2ccc(C(C)(C)C)cc62)-c2ccc(C(C)(C)C)cc2-5)cc1. The Bertz CT molecular complexity index is 3470. The Hall–Kier alpha value is -6.59. The number of rotatable bonds is 2. The van der Waals surface area contributed by atoms with E-state index in [-0.39, 0.29) is 26.0 Å². The minimum absolute atomic E-state index is 0.109. The van der Waals surface area contributed by atoms with Gasteiger partial charge >= 0.3 is 0 Å². The van der Waals surface area contributed by atoms with Crippen molar-refractivity contribution in [1.82, 2.24) is 39.9 Å². The Morgan fingerprint density at radius 3 is 1.23 bits per heavy atom. The molecule has 0 unspecified atom stereocenters. The monoisotopic (exact) mass is 836 g/mol. The average Bonchev–Trinajstić information content (AvgIpc) is 3.94. The van der Waals surface area contributed by atoms with Crippen molar-refractivity contribution in [2.45, 2.75) is 95.3 Å². The Morgan fingerprint density at radius 2 is 0.758 bits per heavy atom. The molecule has 3 aromatic heterocycles. The molecule has 8 bridgehead atoms. The first kappa shape index (κ1) is 39.5. The number of aromatic amines is 2. The van der Waals surface area contributed by atoms with Crippen molar-refractivity contribution in [2.24, 2.45) is 0 Å². The van der Waals surface area contributed by atoms with E-state index < -0.39 is 9.84 Å². The van der Waals surface area contributed by atoms with Crippen LogP contribution in [0.2, 0.25) is 0 Å². The predicted molar refractivity (Wildman–Crippen MR) is 249 cm³/mol. The molecule has 5 heterocycles. The van der Waals surface area contributed by atoms with Gasteiger partial charge in [-0.3, -0.25) is 0 Å². The van der Waals surface area contributed by atoms with Crippen LogP contribution in [0.4, 0.5) is 0 Å². The van der Waals surface area contributed by atoms with Gasteiger partial charge in [-0.2, -0.15) is 0 Å². The van der Waals surface area contributed by atoms with Gasteiger partial charge in [0.15, 0.2) is 23.3 Å². The van der Waals surface area contributed by atoms with E-state index in [0.29, 0.717) is 56.7 Å². The van der Waals surface area contributed by atoms with E-state index in [9.17, 15) is 8.42 Å². The van der Waals surface area contributed by atoms with Gasteiger partial charge in [0, 0.05) is 43.8 Å². The summed E-state index contributed by atoms with van der Waals surface area (Å²) in [5.74, 6) is 1.94. The highest BCUT2D eigenvalue weighted by atomic mass is 32.2. The van der Waals surface area contributed by atoms with Crippen LogP contribution in [0.15, 0.2) is 107 Å². The molecule has 0 amide bonds. The molecule has 10 nitrogen and oxygen atoms in total. The first-order valence-corrected chi connectivity index (χ1v) is 22.4. The lowest BCUT2D eigenvalue weighted by atomic mass is 9.85. The van der Waals surface area contributed by atoms with Crippen LogP contribution in [0, 0.1) is 6.92 Å². The number of nitrogens with one attached hydrogen (secondary N) is 2. The number of aromatic nitrogens is 8. The number of fused-ring (bicyclic) bond motifs is 20. The fourth-order valence-electron chi connectivity index (χ4n) is 8.19. The lowest BCUT2D eigenvalue weighted by molar-refractivity contribution is 0.590. The van der Waals surface area contributed by atoms with Crippen molar-refractivity contribution in [2.75, 3.05) is 0 Å². The van der Waals surface area contributed by atoms with E-state index in [1.807, 2.05) is 6.92 Å². The van der Waals surface area contributed by atoms with Crippen molar-refractivity contribution in [3.63, 3.8) is 0 Å². The zero-order chi connectivity index (χ0) is 43.7. The molecule has 0 atom stereocenters. The number of aryl methyl sites for hydroxylation is 1. The second-order valence-corrected chi connectivity index (χ2v) is 21.6. The van der Waals surface area contributed by atoms with Crippen molar-refractivity contribution in [1.29, 1.82) is 0 Å². The first-order valence-electron chi connectivity index (χ1n) is 20.9. The highest BCUT2D eigenvalue weighted by molar-refractivity contribution is 7.91. The fourth-order valence-corrected chi connectivity index (χ4v) is 9.48. The predicted octanol–water partition coefficient (Wildman–Crippen LogP) is 11.9. The Morgan fingerprint density at radius 1 is 0.387 bits per heavy atom. The summed E-state index contributed by atoms with van der Waals surface area (Å²) in [4.78, 5) is 38.7. The second-order valence-electron chi connectivity index (χ2n) is 19.7. The summed E-state index contributed by atoms with van der Waals surface area (Å²) in [6.45, 7) is 21.6. The number of sulfone groups is 1. The van der Waals surface area contributed by atoms with Gasteiger partial charge in [-0.15, -0.1) is 0 Å². The zero-order valence-electron chi connectivity index (χ0n) is 36.6. The van der Waals surface area contributed by atoms with E-state index in [0.717, 1.165) is 49.7 Å². The standard InChI is InChI=1S/C51H48N8O2S/c1-27-11-16-31(17-12-27)62(60,61)32-18-22-36-40(26-32)48-58-43-35-21-15-30(51(8,9)10)25-39(35)46(56-43)54-41-33-19-13-28(49(2,3)4)23-37(33)45(52-41)53-42-34-20-14-29(50(5,6)7)24-38(34)47(55-42)57-44(36)59-48/h11-26H,1-10H3,(H2,52,53,54,55,56,57,58,59). The summed E-state index contributed by atoms with van der Waals surface area (Å²) in [6, 6.07) is 31.1. The van der Waals surface area contributed by atoms with E-state index in [2.05, 4.69) is 127 Å². The summed E-state index contributed by atoms with van der Waals surface area (Å²) < 4.78 is 28.2. The first-order chi connectivity index (χ1) is 29.2. The fraction of sp³-hybridized carbons (Fsp3) is 0.255. The number of nitrogens with zero attached hydrogens (tertiary/aromatic N) is 6. The molecule has 62 heavy (non-hydrogen) atoms. The molecule has 11 heteroatoms. The van der Waals surface area contributed by atoms with E-state index in [4.69, 9.17) is 29.9 Å². The van der Waals surface area contributed by atoms with Gasteiger partial charge in [-0.05, 0) is 88.4 Å². The van der Waals surface area contributed by atoms with Gasteiger partial charge in [-0.1, -0.05) is 116 Å². The summed E-state index contributed by atoms with van der Waals surface area (Å²) in [6.07, 6.45) is 0. The Kier molecular flexibility index (Phi) is 8.58. The Labute approximate surface area is 361 Å². The van der Waals surface area contributed by atoms with Crippen LogP contribution in [-0.4, -0.2) is 48.3 Å². The molecule has 0 saturated heterocycles. The van der Waals surface area contributed by atoms with Gasteiger partial charge in [0.2, 0.25) is 9.84 Å². The van der Waals surface area contributed by atoms with Crippen LogP contribution in [0.5, 0.6) is 0 Å². The Balaban J connectivity index is 1.35. The molecule has 2 aliphatic rings. The molecule has 310 valence electrons. The van der Waals surface area contributed by atoms with Crippen LogP contribution in [0.25, 0.3) is 89.7 Å². The normalized spacial score (nSPS) is 13.1. The average molecular weight is 837 g/mol. The molecule has 5 aromatic carbocycles. The summed E-state index contributed by atoms with van der Waals surface area (Å²) in [5.41, 5.74) is 9.51. The number of hydrogen-bond acceptors (Lipinski definition) is 8. The van der Waals surface area contributed by atoms with Crippen molar-refractivity contribution < 1.29 is 8.42 Å². The van der Waals surface area contributed by atoms with Gasteiger partial charge in [0.25, 0.3) is 0 Å². The van der Waals surface area contributed by atoms with Crippen LogP contribution in [0.3, 0.4) is 0 Å². The molecule has 0 spiro atoms. The van der Waals surface area contributed by atoms with Crippen LogP contribution in [-0.2, 0) is 26.1 Å². The summed E-state index contributed by atoms with van der Waals surface area (Å²) in [5, 5.41) is 3.09. The third-order valence-corrected chi connectivity index (χ3v) is 13.8. The molecular weight excluding hydrogens is 789 g/mol. The lowest BCUT2D eigenvalue weighted by Gasteiger charge is -2.19. The van der Waals surface area contributed by atoms with Gasteiger partial charge in [0.05, 0.1) is 9.79 Å². The molecule has 2 aliphatic heterocycles. The van der Waals surface area contributed by atoms with Crippen molar-refractivity contribution in [3.05, 3.63) is 119 Å². The summed E-state index contributed by atoms with van der Waals surface area (Å²) >= 11 is 0. The number of hydrogen-bond donors (Lipinski definition) is 2. The van der Waals surface area contributed by atoms with Crippen LogP contribution >= 0.6 is 0 Å². The third-order valence-electron chi connectivity index (χ3n) is 12.0. The van der Waals surface area contributed by atoms with Crippen molar-refractivity contribution in [3.8, 4) is 45.6 Å². The smallest absolute Gasteiger partial charge is 0.206 e. The van der Waals surface area contributed by atoms with Crippen molar-refractivity contribution >= 4 is 54.0 Å². The quantitative estimate of drug-likeness (QED) is 0.175. The molecular formula is C51H48N8O2S. The molecule has 0 aliphatic carbocycles.